The van der Waals surface area contributed by atoms with Crippen LogP contribution in [0.1, 0.15) is 24.2 Å². The maximum atomic E-state index is 6.28. The van der Waals surface area contributed by atoms with Crippen molar-refractivity contribution in [2.24, 2.45) is 5.73 Å². The van der Waals surface area contributed by atoms with Crippen LogP contribution >= 0.6 is 12.4 Å². The van der Waals surface area contributed by atoms with Gasteiger partial charge in [0.2, 0.25) is 0 Å². The van der Waals surface area contributed by atoms with Gasteiger partial charge in [0.15, 0.2) is 0 Å². The Morgan fingerprint density at radius 2 is 1.75 bits per heavy atom. The average Bonchev–Trinajstić information content (AvgIpc) is 2.44. The first kappa shape index (κ1) is 14.9. The van der Waals surface area contributed by atoms with Gasteiger partial charge in [0, 0.05) is 12.4 Å². The van der Waals surface area contributed by atoms with E-state index < -0.39 is 5.54 Å². The van der Waals surface area contributed by atoms with E-state index in [1.54, 1.807) is 18.5 Å². The zero-order valence-electron chi connectivity index (χ0n) is 11.1. The van der Waals surface area contributed by atoms with Crippen LogP contribution in [0.3, 0.4) is 0 Å². The Labute approximate surface area is 124 Å². The molecule has 2 aromatic rings. The highest BCUT2D eigenvalue weighted by Gasteiger charge is 2.45. The molecule has 0 aliphatic heterocycles. The number of halogens is 1. The number of hydrogen-bond donors (Lipinski definition) is 1. The van der Waals surface area contributed by atoms with E-state index in [-0.39, 0.29) is 18.5 Å². The van der Waals surface area contributed by atoms with E-state index in [0.29, 0.717) is 6.61 Å². The number of rotatable bonds is 4. The molecule has 0 saturated heterocycles. The lowest BCUT2D eigenvalue weighted by Gasteiger charge is -2.43. The molecule has 1 aliphatic rings. The number of benzene rings is 1. The lowest BCUT2D eigenvalue weighted by Crippen LogP contribution is -2.53. The first-order chi connectivity index (χ1) is 9.26. The molecule has 3 rings (SSSR count). The SMILES string of the molecule is Cl.NC1(c2ncccn2)CC(OCc2ccccc2)C1. The van der Waals surface area contributed by atoms with Crippen molar-refractivity contribution in [3.05, 3.63) is 60.2 Å². The van der Waals surface area contributed by atoms with E-state index in [2.05, 4.69) is 22.1 Å². The summed E-state index contributed by atoms with van der Waals surface area (Å²) < 4.78 is 5.85. The maximum Gasteiger partial charge on any atom is 0.148 e. The first-order valence-corrected chi connectivity index (χ1v) is 6.48. The highest BCUT2D eigenvalue weighted by Crippen LogP contribution is 2.39. The first-order valence-electron chi connectivity index (χ1n) is 6.48. The van der Waals surface area contributed by atoms with Gasteiger partial charge in [-0.2, -0.15) is 0 Å². The van der Waals surface area contributed by atoms with Crippen LogP contribution in [0.25, 0.3) is 0 Å². The second-order valence-corrected chi connectivity index (χ2v) is 5.06. The van der Waals surface area contributed by atoms with Crippen molar-refractivity contribution in [3.63, 3.8) is 0 Å². The highest BCUT2D eigenvalue weighted by molar-refractivity contribution is 5.85. The molecule has 0 bridgehead atoms. The molecule has 1 aromatic heterocycles. The van der Waals surface area contributed by atoms with Crippen LogP contribution in [0.4, 0.5) is 0 Å². The van der Waals surface area contributed by atoms with Crippen LogP contribution in [0.2, 0.25) is 0 Å². The van der Waals surface area contributed by atoms with Gasteiger partial charge >= 0.3 is 0 Å². The van der Waals surface area contributed by atoms with E-state index in [1.807, 2.05) is 18.2 Å². The minimum atomic E-state index is -0.414. The largest absolute Gasteiger partial charge is 0.373 e. The van der Waals surface area contributed by atoms with Gasteiger partial charge in [0.25, 0.3) is 0 Å². The van der Waals surface area contributed by atoms with Crippen molar-refractivity contribution in [2.75, 3.05) is 0 Å². The third-order valence-electron chi connectivity index (χ3n) is 3.52. The van der Waals surface area contributed by atoms with Crippen LogP contribution in [0, 0.1) is 0 Å². The summed E-state index contributed by atoms with van der Waals surface area (Å²) >= 11 is 0. The van der Waals surface area contributed by atoms with Crippen LogP contribution in [0.5, 0.6) is 0 Å². The molecule has 1 fully saturated rings. The van der Waals surface area contributed by atoms with E-state index in [0.717, 1.165) is 18.7 Å². The molecule has 5 heteroatoms. The van der Waals surface area contributed by atoms with Gasteiger partial charge in [0.05, 0.1) is 18.2 Å². The lowest BCUT2D eigenvalue weighted by atomic mass is 9.74. The molecule has 1 aromatic carbocycles. The summed E-state index contributed by atoms with van der Waals surface area (Å²) in [6, 6.07) is 12.0. The monoisotopic (exact) mass is 291 g/mol. The lowest BCUT2D eigenvalue weighted by molar-refractivity contribution is -0.0563. The Morgan fingerprint density at radius 3 is 2.40 bits per heavy atom. The van der Waals surface area contributed by atoms with Crippen LogP contribution < -0.4 is 5.73 Å². The fourth-order valence-electron chi connectivity index (χ4n) is 2.40. The Bertz CT molecular complexity index is 529. The van der Waals surface area contributed by atoms with Gasteiger partial charge in [-0.05, 0) is 24.5 Å². The fourth-order valence-corrected chi connectivity index (χ4v) is 2.40. The number of ether oxygens (including phenoxy) is 1. The molecule has 4 nitrogen and oxygen atoms in total. The minimum absolute atomic E-state index is 0. The zero-order valence-corrected chi connectivity index (χ0v) is 11.9. The van der Waals surface area contributed by atoms with Gasteiger partial charge in [-0.15, -0.1) is 12.4 Å². The van der Waals surface area contributed by atoms with E-state index in [9.17, 15) is 0 Å². The standard InChI is InChI=1S/C15H17N3O.ClH/c16-15(14-17-7-4-8-18-14)9-13(10-15)19-11-12-5-2-1-3-6-12;/h1-8,13H,9-11,16H2;1H. The topological polar surface area (TPSA) is 61.0 Å². The molecule has 1 heterocycles. The molecule has 20 heavy (non-hydrogen) atoms. The molecule has 2 N–H and O–H groups in total. The summed E-state index contributed by atoms with van der Waals surface area (Å²) in [7, 11) is 0. The predicted molar refractivity (Wildman–Crippen MR) is 79.4 cm³/mol. The molecule has 0 spiro atoms. The third-order valence-corrected chi connectivity index (χ3v) is 3.52. The van der Waals surface area contributed by atoms with Crippen LogP contribution in [0.15, 0.2) is 48.8 Å². The van der Waals surface area contributed by atoms with Crippen molar-refractivity contribution in [3.8, 4) is 0 Å². The number of aromatic nitrogens is 2. The molecule has 1 aliphatic carbocycles. The maximum absolute atomic E-state index is 6.28. The molecule has 1 saturated carbocycles. The van der Waals surface area contributed by atoms with Crippen molar-refractivity contribution in [2.45, 2.75) is 31.1 Å². The smallest absolute Gasteiger partial charge is 0.148 e. The predicted octanol–water partition coefficient (Wildman–Crippen LogP) is 2.43. The normalized spacial score (nSPS) is 24.6. The van der Waals surface area contributed by atoms with Crippen molar-refractivity contribution >= 4 is 12.4 Å². The fraction of sp³-hybridized carbons (Fsp3) is 0.333. The van der Waals surface area contributed by atoms with Gasteiger partial charge in [-0.3, -0.25) is 0 Å². The van der Waals surface area contributed by atoms with Crippen molar-refractivity contribution < 1.29 is 4.74 Å². The quantitative estimate of drug-likeness (QED) is 0.940. The third kappa shape index (κ3) is 3.15. The van der Waals surface area contributed by atoms with Crippen molar-refractivity contribution in [1.82, 2.24) is 9.97 Å². The molecule has 0 unspecified atom stereocenters. The number of hydrogen-bond acceptors (Lipinski definition) is 4. The number of nitrogens with two attached hydrogens (primary N) is 1. The van der Waals surface area contributed by atoms with E-state index >= 15 is 0 Å². The molecule has 0 amide bonds. The Hall–Kier alpha value is -1.49. The molecular weight excluding hydrogens is 274 g/mol. The van der Waals surface area contributed by atoms with Gasteiger partial charge in [0.1, 0.15) is 5.82 Å². The Balaban J connectivity index is 0.00000147. The average molecular weight is 292 g/mol. The highest BCUT2D eigenvalue weighted by atomic mass is 35.5. The summed E-state index contributed by atoms with van der Waals surface area (Å²) in [5.74, 6) is 0.717. The Morgan fingerprint density at radius 1 is 1.10 bits per heavy atom. The second kappa shape index (κ2) is 6.31. The van der Waals surface area contributed by atoms with Gasteiger partial charge < -0.3 is 10.5 Å². The summed E-state index contributed by atoms with van der Waals surface area (Å²) in [4.78, 5) is 8.47. The Kier molecular flexibility index (Phi) is 4.70. The minimum Gasteiger partial charge on any atom is -0.373 e. The molecule has 0 atom stereocenters. The molecular formula is C15H18ClN3O. The summed E-state index contributed by atoms with van der Waals surface area (Å²) in [6.45, 7) is 0.636. The number of nitrogens with zero attached hydrogens (tertiary/aromatic N) is 2. The summed E-state index contributed by atoms with van der Waals surface area (Å²) in [6.07, 6.45) is 5.23. The summed E-state index contributed by atoms with van der Waals surface area (Å²) in [5.41, 5.74) is 7.05. The van der Waals surface area contributed by atoms with Crippen LogP contribution in [-0.2, 0) is 16.9 Å². The molecule has 0 radical (unpaired) electrons. The van der Waals surface area contributed by atoms with Crippen molar-refractivity contribution in [1.29, 1.82) is 0 Å². The van der Waals surface area contributed by atoms with Gasteiger partial charge in [-0.1, -0.05) is 30.3 Å². The summed E-state index contributed by atoms with van der Waals surface area (Å²) in [5, 5.41) is 0. The second-order valence-electron chi connectivity index (χ2n) is 5.06. The van der Waals surface area contributed by atoms with E-state index in [4.69, 9.17) is 10.5 Å². The van der Waals surface area contributed by atoms with Crippen LogP contribution in [-0.4, -0.2) is 16.1 Å². The molecule has 106 valence electrons. The van der Waals surface area contributed by atoms with Gasteiger partial charge in [-0.25, -0.2) is 9.97 Å². The zero-order chi connectivity index (χ0) is 13.1. The van der Waals surface area contributed by atoms with E-state index in [1.165, 1.54) is 5.56 Å².